The van der Waals surface area contributed by atoms with Gasteiger partial charge in [-0.1, -0.05) is 31.7 Å². The normalized spacial score (nSPS) is 15.3. The van der Waals surface area contributed by atoms with E-state index < -0.39 is 0 Å². The fourth-order valence-corrected chi connectivity index (χ4v) is 3.01. The fourth-order valence-electron chi connectivity index (χ4n) is 3.01. The standard InChI is InChI=1S/C17H26N2O/c1-13-9-10-16(19-14(2)20)12-17(13)18-11-5-8-15-6-3-4-7-15/h9-10,12,15,18H,3-8,11H2,1-2H3,(H,19,20). The third kappa shape index (κ3) is 4.55. The molecule has 1 saturated carbocycles. The molecule has 0 bridgehead atoms. The molecule has 3 heteroatoms. The number of hydrogen-bond donors (Lipinski definition) is 2. The van der Waals surface area contributed by atoms with Crippen molar-refractivity contribution in [3.8, 4) is 0 Å². The highest BCUT2D eigenvalue weighted by atomic mass is 16.1. The molecule has 0 spiro atoms. The van der Waals surface area contributed by atoms with E-state index in [1.54, 1.807) is 0 Å². The van der Waals surface area contributed by atoms with Crippen molar-refractivity contribution in [1.82, 2.24) is 0 Å². The third-order valence-electron chi connectivity index (χ3n) is 4.14. The van der Waals surface area contributed by atoms with Crippen LogP contribution in [-0.2, 0) is 4.79 Å². The zero-order chi connectivity index (χ0) is 14.4. The maximum atomic E-state index is 11.1. The molecule has 0 unspecified atom stereocenters. The van der Waals surface area contributed by atoms with E-state index in [9.17, 15) is 4.79 Å². The highest BCUT2D eigenvalue weighted by Gasteiger charge is 2.13. The first kappa shape index (κ1) is 14.9. The van der Waals surface area contributed by atoms with Crippen LogP contribution in [0.4, 0.5) is 11.4 Å². The molecule has 0 heterocycles. The highest BCUT2D eigenvalue weighted by Crippen LogP contribution is 2.28. The Morgan fingerprint density at radius 3 is 2.75 bits per heavy atom. The Morgan fingerprint density at radius 2 is 2.05 bits per heavy atom. The van der Waals surface area contributed by atoms with E-state index in [2.05, 4.69) is 17.6 Å². The first-order valence-corrected chi connectivity index (χ1v) is 7.77. The maximum absolute atomic E-state index is 11.1. The molecule has 20 heavy (non-hydrogen) atoms. The summed E-state index contributed by atoms with van der Waals surface area (Å²) in [4.78, 5) is 11.1. The lowest BCUT2D eigenvalue weighted by Gasteiger charge is -2.13. The van der Waals surface area contributed by atoms with Gasteiger partial charge in [-0.15, -0.1) is 0 Å². The second-order valence-corrected chi connectivity index (χ2v) is 5.93. The lowest BCUT2D eigenvalue weighted by Crippen LogP contribution is -2.08. The van der Waals surface area contributed by atoms with Gasteiger partial charge in [0.25, 0.3) is 0 Å². The van der Waals surface area contributed by atoms with Crippen LogP contribution in [0.1, 0.15) is 51.0 Å². The van der Waals surface area contributed by atoms with Crippen LogP contribution < -0.4 is 10.6 Å². The number of rotatable bonds is 6. The van der Waals surface area contributed by atoms with E-state index in [0.717, 1.165) is 23.8 Å². The summed E-state index contributed by atoms with van der Waals surface area (Å²) in [6.45, 7) is 4.65. The van der Waals surface area contributed by atoms with Crippen molar-refractivity contribution in [1.29, 1.82) is 0 Å². The maximum Gasteiger partial charge on any atom is 0.221 e. The first-order chi connectivity index (χ1) is 9.65. The molecule has 1 aromatic carbocycles. The summed E-state index contributed by atoms with van der Waals surface area (Å²) >= 11 is 0. The largest absolute Gasteiger partial charge is 0.385 e. The van der Waals surface area contributed by atoms with E-state index in [1.807, 2.05) is 18.2 Å². The fraction of sp³-hybridized carbons (Fsp3) is 0.588. The lowest BCUT2D eigenvalue weighted by atomic mass is 10.0. The predicted molar refractivity (Wildman–Crippen MR) is 85.2 cm³/mol. The van der Waals surface area contributed by atoms with Crippen LogP contribution in [-0.4, -0.2) is 12.5 Å². The summed E-state index contributed by atoms with van der Waals surface area (Å²) in [5, 5.41) is 6.33. The van der Waals surface area contributed by atoms with Crippen molar-refractivity contribution in [2.45, 2.75) is 52.4 Å². The zero-order valence-corrected chi connectivity index (χ0v) is 12.7. The van der Waals surface area contributed by atoms with E-state index >= 15 is 0 Å². The van der Waals surface area contributed by atoms with Crippen LogP contribution >= 0.6 is 0 Å². The van der Waals surface area contributed by atoms with Crippen LogP contribution in [0.3, 0.4) is 0 Å². The molecule has 3 nitrogen and oxygen atoms in total. The summed E-state index contributed by atoms with van der Waals surface area (Å²) in [5.41, 5.74) is 3.21. The summed E-state index contributed by atoms with van der Waals surface area (Å²) in [6, 6.07) is 6.01. The average Bonchev–Trinajstić information content (AvgIpc) is 2.90. The molecule has 1 aromatic rings. The van der Waals surface area contributed by atoms with Gasteiger partial charge >= 0.3 is 0 Å². The van der Waals surface area contributed by atoms with Gasteiger partial charge in [-0.2, -0.15) is 0 Å². The van der Waals surface area contributed by atoms with Crippen LogP contribution in [0.15, 0.2) is 18.2 Å². The number of nitrogens with one attached hydrogen (secondary N) is 2. The second-order valence-electron chi connectivity index (χ2n) is 5.93. The summed E-state index contributed by atoms with van der Waals surface area (Å²) in [7, 11) is 0. The van der Waals surface area contributed by atoms with E-state index in [0.29, 0.717) is 0 Å². The molecule has 110 valence electrons. The second kappa shape index (κ2) is 7.32. The van der Waals surface area contributed by atoms with Crippen molar-refractivity contribution < 1.29 is 4.79 Å². The van der Waals surface area contributed by atoms with E-state index in [-0.39, 0.29) is 5.91 Å². The number of carbonyl (C=O) groups excluding carboxylic acids is 1. The topological polar surface area (TPSA) is 41.1 Å². The van der Waals surface area contributed by atoms with Gasteiger partial charge in [-0.05, 0) is 43.4 Å². The van der Waals surface area contributed by atoms with Gasteiger partial charge in [0.2, 0.25) is 5.91 Å². The quantitative estimate of drug-likeness (QED) is 0.758. The molecule has 0 atom stereocenters. The minimum Gasteiger partial charge on any atom is -0.385 e. The molecule has 2 rings (SSSR count). The smallest absolute Gasteiger partial charge is 0.221 e. The summed E-state index contributed by atoms with van der Waals surface area (Å²) in [6.07, 6.45) is 8.28. The lowest BCUT2D eigenvalue weighted by molar-refractivity contribution is -0.114. The van der Waals surface area contributed by atoms with Gasteiger partial charge in [-0.3, -0.25) is 4.79 Å². The number of aryl methyl sites for hydroxylation is 1. The van der Waals surface area contributed by atoms with Gasteiger partial charge in [0.15, 0.2) is 0 Å². The molecule has 2 N–H and O–H groups in total. The zero-order valence-electron chi connectivity index (χ0n) is 12.7. The van der Waals surface area contributed by atoms with Gasteiger partial charge in [0.05, 0.1) is 0 Å². The number of amides is 1. The number of carbonyl (C=O) groups is 1. The van der Waals surface area contributed by atoms with Crippen molar-refractivity contribution in [3.63, 3.8) is 0 Å². The van der Waals surface area contributed by atoms with E-state index in [4.69, 9.17) is 0 Å². The SMILES string of the molecule is CC(=O)Nc1ccc(C)c(NCCCC2CCCC2)c1. The molecular formula is C17H26N2O. The molecular weight excluding hydrogens is 248 g/mol. The molecule has 1 aliphatic carbocycles. The molecule has 0 radical (unpaired) electrons. The number of hydrogen-bond acceptors (Lipinski definition) is 2. The van der Waals surface area contributed by atoms with Crippen molar-refractivity contribution in [3.05, 3.63) is 23.8 Å². The number of anilines is 2. The predicted octanol–water partition coefficient (Wildman–Crippen LogP) is 4.34. The molecule has 0 saturated heterocycles. The Kier molecular flexibility index (Phi) is 5.45. The molecule has 1 amide bonds. The minimum absolute atomic E-state index is 0.0268. The van der Waals surface area contributed by atoms with Crippen LogP contribution in [0.25, 0.3) is 0 Å². The van der Waals surface area contributed by atoms with Gasteiger partial charge in [0.1, 0.15) is 0 Å². The molecule has 0 aromatic heterocycles. The Morgan fingerprint density at radius 1 is 1.30 bits per heavy atom. The summed E-state index contributed by atoms with van der Waals surface area (Å²) in [5.74, 6) is 0.935. The van der Waals surface area contributed by atoms with Crippen LogP contribution in [0.2, 0.25) is 0 Å². The minimum atomic E-state index is -0.0268. The average molecular weight is 274 g/mol. The van der Waals surface area contributed by atoms with Gasteiger partial charge < -0.3 is 10.6 Å². The Bertz CT molecular complexity index is 450. The van der Waals surface area contributed by atoms with Crippen LogP contribution in [0, 0.1) is 12.8 Å². The Labute approximate surface area is 122 Å². The first-order valence-electron chi connectivity index (χ1n) is 7.77. The summed E-state index contributed by atoms with van der Waals surface area (Å²) < 4.78 is 0. The van der Waals surface area contributed by atoms with Crippen molar-refractivity contribution >= 4 is 17.3 Å². The van der Waals surface area contributed by atoms with E-state index in [1.165, 1.54) is 51.0 Å². The Balaban J connectivity index is 1.80. The molecule has 1 aliphatic rings. The van der Waals surface area contributed by atoms with Crippen molar-refractivity contribution in [2.24, 2.45) is 5.92 Å². The van der Waals surface area contributed by atoms with Gasteiger partial charge in [0, 0.05) is 24.8 Å². The monoisotopic (exact) mass is 274 g/mol. The van der Waals surface area contributed by atoms with Gasteiger partial charge in [-0.25, -0.2) is 0 Å². The van der Waals surface area contributed by atoms with Crippen LogP contribution in [0.5, 0.6) is 0 Å². The van der Waals surface area contributed by atoms with Crippen molar-refractivity contribution in [2.75, 3.05) is 17.2 Å². The Hall–Kier alpha value is -1.51. The molecule has 1 fully saturated rings. The third-order valence-corrected chi connectivity index (χ3v) is 4.14. The molecule has 0 aliphatic heterocycles. The number of benzene rings is 1. The highest BCUT2D eigenvalue weighted by molar-refractivity contribution is 5.89.